The van der Waals surface area contributed by atoms with Gasteiger partial charge < -0.3 is 0 Å². The Morgan fingerprint density at radius 3 is 2.58 bits per heavy atom. The van der Waals surface area contributed by atoms with E-state index < -0.39 is 15.8 Å². The van der Waals surface area contributed by atoms with E-state index in [0.717, 1.165) is 22.2 Å². The second-order valence-electron chi connectivity index (χ2n) is 5.12. The fourth-order valence-electron chi connectivity index (χ4n) is 2.17. The third-order valence-corrected chi connectivity index (χ3v) is 5.06. The van der Waals surface area contributed by atoms with Crippen molar-refractivity contribution in [2.24, 2.45) is 0 Å². The van der Waals surface area contributed by atoms with Crippen LogP contribution in [0.2, 0.25) is 0 Å². The lowest BCUT2D eigenvalue weighted by Crippen LogP contribution is -2.13. The van der Waals surface area contributed by atoms with Crippen molar-refractivity contribution >= 4 is 31.6 Å². The first-order valence-corrected chi connectivity index (χ1v) is 9.25. The summed E-state index contributed by atoms with van der Waals surface area (Å²) in [5.74, 6) is -0.485. The Kier molecular flexibility index (Phi) is 4.68. The van der Waals surface area contributed by atoms with Crippen LogP contribution in [0.4, 0.5) is 10.1 Å². The Hall–Kier alpha value is -2.19. The molecule has 0 spiro atoms. The van der Waals surface area contributed by atoms with Gasteiger partial charge in [-0.2, -0.15) is 5.10 Å². The van der Waals surface area contributed by atoms with Crippen molar-refractivity contribution < 1.29 is 12.8 Å². The summed E-state index contributed by atoms with van der Waals surface area (Å²) < 4.78 is 42.7. The number of rotatable bonds is 5. The van der Waals surface area contributed by atoms with Crippen LogP contribution in [0.25, 0.3) is 0 Å². The van der Waals surface area contributed by atoms with E-state index in [1.165, 1.54) is 12.1 Å². The Bertz CT molecular complexity index is 955. The van der Waals surface area contributed by atoms with Gasteiger partial charge in [-0.25, -0.2) is 12.8 Å². The van der Waals surface area contributed by atoms with Crippen molar-refractivity contribution in [3.05, 3.63) is 76.8 Å². The van der Waals surface area contributed by atoms with Gasteiger partial charge >= 0.3 is 0 Å². The topological polar surface area (TPSA) is 64.0 Å². The predicted octanol–water partition coefficient (Wildman–Crippen LogP) is 3.63. The molecule has 0 saturated heterocycles. The van der Waals surface area contributed by atoms with Crippen molar-refractivity contribution in [1.29, 1.82) is 0 Å². The molecule has 0 aliphatic rings. The quantitative estimate of drug-likeness (QED) is 0.699. The third-order valence-electron chi connectivity index (χ3n) is 3.25. The number of aromatic nitrogens is 2. The molecule has 3 rings (SSSR count). The highest BCUT2D eigenvalue weighted by Gasteiger charge is 2.14. The summed E-state index contributed by atoms with van der Waals surface area (Å²) in [7, 11) is -3.76. The number of hydrogen-bond acceptors (Lipinski definition) is 3. The fraction of sp³-hybridized carbons (Fsp3) is 0.0625. The number of benzene rings is 2. The van der Waals surface area contributed by atoms with Crippen LogP contribution in [0.15, 0.2) is 70.3 Å². The molecule has 1 heterocycles. The molecule has 8 heteroatoms. The lowest BCUT2D eigenvalue weighted by atomic mass is 10.2. The molecule has 0 radical (unpaired) electrons. The molecule has 0 amide bonds. The van der Waals surface area contributed by atoms with Crippen LogP contribution in [0.5, 0.6) is 0 Å². The van der Waals surface area contributed by atoms with Gasteiger partial charge in [0.25, 0.3) is 10.0 Å². The van der Waals surface area contributed by atoms with Gasteiger partial charge in [-0.15, -0.1) is 0 Å². The summed E-state index contributed by atoms with van der Waals surface area (Å²) in [5.41, 5.74) is 1.33. The van der Waals surface area contributed by atoms with Gasteiger partial charge in [-0.3, -0.25) is 9.40 Å². The van der Waals surface area contributed by atoms with Gasteiger partial charge in [-0.1, -0.05) is 12.1 Å². The second kappa shape index (κ2) is 6.74. The molecule has 0 saturated carbocycles. The van der Waals surface area contributed by atoms with E-state index in [2.05, 4.69) is 25.8 Å². The second-order valence-corrected chi connectivity index (χ2v) is 7.71. The zero-order chi connectivity index (χ0) is 17.2. The number of anilines is 1. The summed E-state index contributed by atoms with van der Waals surface area (Å²) in [6.07, 6.45) is 3.51. The summed E-state index contributed by atoms with van der Waals surface area (Å²) >= 11 is 3.33. The highest BCUT2D eigenvalue weighted by molar-refractivity contribution is 9.10. The minimum absolute atomic E-state index is 0.00492. The maximum absolute atomic E-state index is 12.9. The average Bonchev–Trinajstić information content (AvgIpc) is 2.92. The summed E-state index contributed by atoms with van der Waals surface area (Å²) in [4.78, 5) is 0.00492. The summed E-state index contributed by atoms with van der Waals surface area (Å²) in [6, 6.07) is 11.7. The van der Waals surface area contributed by atoms with Crippen LogP contribution in [0.1, 0.15) is 5.56 Å². The molecule has 0 atom stereocenters. The molecule has 2 aromatic carbocycles. The Balaban J connectivity index is 1.80. The van der Waals surface area contributed by atoms with Crippen molar-refractivity contribution in [1.82, 2.24) is 9.78 Å². The third kappa shape index (κ3) is 4.01. The molecule has 1 N–H and O–H groups in total. The first-order valence-electron chi connectivity index (χ1n) is 6.98. The van der Waals surface area contributed by atoms with Crippen LogP contribution >= 0.6 is 15.9 Å². The molecule has 0 aliphatic heterocycles. The van der Waals surface area contributed by atoms with E-state index in [1.807, 2.05) is 12.3 Å². The molecule has 0 unspecified atom stereocenters. The van der Waals surface area contributed by atoms with Gasteiger partial charge in [-0.05, 0) is 57.9 Å². The van der Waals surface area contributed by atoms with Crippen molar-refractivity contribution in [3.8, 4) is 0 Å². The minimum Gasteiger partial charge on any atom is -0.280 e. The van der Waals surface area contributed by atoms with Gasteiger partial charge in [0.05, 0.1) is 22.1 Å². The van der Waals surface area contributed by atoms with E-state index in [4.69, 9.17) is 0 Å². The zero-order valence-corrected chi connectivity index (χ0v) is 14.8. The SMILES string of the molecule is O=S(=O)(Nc1cccc(Cn2cc(Br)cn2)c1)c1ccc(F)cc1. The van der Waals surface area contributed by atoms with Crippen molar-refractivity contribution in [3.63, 3.8) is 0 Å². The zero-order valence-electron chi connectivity index (χ0n) is 12.4. The van der Waals surface area contributed by atoms with E-state index in [0.29, 0.717) is 12.2 Å². The number of nitrogens with zero attached hydrogens (tertiary/aromatic N) is 2. The van der Waals surface area contributed by atoms with E-state index >= 15 is 0 Å². The summed E-state index contributed by atoms with van der Waals surface area (Å²) in [5, 5.41) is 4.17. The molecule has 124 valence electrons. The van der Waals surface area contributed by atoms with Crippen molar-refractivity contribution in [2.45, 2.75) is 11.4 Å². The van der Waals surface area contributed by atoms with Crippen LogP contribution in [0, 0.1) is 5.82 Å². The molecule has 0 bridgehead atoms. The molecular formula is C16H13BrFN3O2S. The predicted molar refractivity (Wildman–Crippen MR) is 92.7 cm³/mol. The van der Waals surface area contributed by atoms with Gasteiger partial charge in [0, 0.05) is 11.9 Å². The number of halogens is 2. The normalized spacial score (nSPS) is 11.4. The number of hydrogen-bond donors (Lipinski definition) is 1. The van der Waals surface area contributed by atoms with Crippen LogP contribution < -0.4 is 4.72 Å². The molecular weight excluding hydrogens is 397 g/mol. The monoisotopic (exact) mass is 409 g/mol. The van der Waals surface area contributed by atoms with E-state index in [9.17, 15) is 12.8 Å². The average molecular weight is 410 g/mol. The van der Waals surface area contributed by atoms with Gasteiger partial charge in [0.2, 0.25) is 0 Å². The maximum atomic E-state index is 12.9. The minimum atomic E-state index is -3.76. The number of sulfonamides is 1. The smallest absolute Gasteiger partial charge is 0.261 e. The Morgan fingerprint density at radius 1 is 1.17 bits per heavy atom. The Morgan fingerprint density at radius 2 is 1.92 bits per heavy atom. The molecule has 1 aromatic heterocycles. The fourth-order valence-corrected chi connectivity index (χ4v) is 3.55. The lowest BCUT2D eigenvalue weighted by Gasteiger charge is -2.10. The largest absolute Gasteiger partial charge is 0.280 e. The molecule has 24 heavy (non-hydrogen) atoms. The molecule has 3 aromatic rings. The van der Waals surface area contributed by atoms with Gasteiger partial charge in [0.1, 0.15) is 5.82 Å². The standard InChI is InChI=1S/C16H13BrFN3O2S/c17-13-9-19-21(11-13)10-12-2-1-3-15(8-12)20-24(22,23)16-6-4-14(18)5-7-16/h1-9,11,20H,10H2. The number of nitrogens with one attached hydrogen (secondary N) is 1. The maximum Gasteiger partial charge on any atom is 0.261 e. The first kappa shape index (κ1) is 16.7. The summed E-state index contributed by atoms with van der Waals surface area (Å²) in [6.45, 7) is 0.512. The van der Waals surface area contributed by atoms with E-state index in [-0.39, 0.29) is 4.90 Å². The van der Waals surface area contributed by atoms with E-state index in [1.54, 1.807) is 29.1 Å². The highest BCUT2D eigenvalue weighted by atomic mass is 79.9. The van der Waals surface area contributed by atoms with Crippen LogP contribution in [0.3, 0.4) is 0 Å². The van der Waals surface area contributed by atoms with Gasteiger partial charge in [0.15, 0.2) is 0 Å². The first-order chi connectivity index (χ1) is 11.4. The molecule has 0 fully saturated rings. The Labute approximate surface area is 147 Å². The highest BCUT2D eigenvalue weighted by Crippen LogP contribution is 2.18. The lowest BCUT2D eigenvalue weighted by molar-refractivity contribution is 0.599. The van der Waals surface area contributed by atoms with Crippen LogP contribution in [-0.2, 0) is 16.6 Å². The van der Waals surface area contributed by atoms with Crippen LogP contribution in [-0.4, -0.2) is 18.2 Å². The molecule has 0 aliphatic carbocycles. The molecule has 5 nitrogen and oxygen atoms in total. The van der Waals surface area contributed by atoms with Crippen molar-refractivity contribution in [2.75, 3.05) is 4.72 Å².